The first-order chi connectivity index (χ1) is 12.2. The number of unbranched alkanes of at least 4 members (excludes halogenated alkanes) is 3. The summed E-state index contributed by atoms with van der Waals surface area (Å²) in [6.07, 6.45) is 5.44. The highest BCUT2D eigenvalue weighted by Gasteiger charge is 2.10. The lowest BCUT2D eigenvalue weighted by atomic mass is 10.1. The summed E-state index contributed by atoms with van der Waals surface area (Å²) < 4.78 is 16.0. The molecule has 1 aromatic heterocycles. The molecule has 0 bridgehead atoms. The molecule has 0 fully saturated rings. The quantitative estimate of drug-likeness (QED) is 0.524. The van der Waals surface area contributed by atoms with Gasteiger partial charge in [0.25, 0.3) is 5.56 Å². The molecular weight excluding hydrogens is 324 g/mol. The maximum Gasteiger partial charge on any atom is 0.305 e. The highest BCUT2D eigenvalue weighted by Crippen LogP contribution is 2.30. The second-order valence-corrected chi connectivity index (χ2v) is 5.57. The Morgan fingerprint density at radius 3 is 2.72 bits per heavy atom. The Balaban J connectivity index is 1.81. The predicted molar refractivity (Wildman–Crippen MR) is 94.1 cm³/mol. The Kier molecular flexibility index (Phi) is 7.25. The second-order valence-electron chi connectivity index (χ2n) is 5.57. The second kappa shape index (κ2) is 9.66. The topological polar surface area (TPSA) is 90.5 Å². The summed E-state index contributed by atoms with van der Waals surface area (Å²) in [6, 6.07) is 3.35. The number of carbonyl (C=O) groups is 1. The number of H-pyrrole nitrogens is 1. The van der Waals surface area contributed by atoms with E-state index in [0.717, 1.165) is 25.7 Å². The molecule has 0 atom stereocenters. The summed E-state index contributed by atoms with van der Waals surface area (Å²) in [6.45, 7) is 2.77. The fraction of sp³-hybridized carbons (Fsp3) is 0.500. The Hall–Kier alpha value is -2.57. The number of fused-ring (bicyclic) bond motifs is 1. The van der Waals surface area contributed by atoms with E-state index in [1.807, 2.05) is 6.92 Å². The number of benzene rings is 1. The van der Waals surface area contributed by atoms with Gasteiger partial charge in [-0.1, -0.05) is 12.8 Å². The molecule has 2 rings (SSSR count). The average Bonchev–Trinajstić information content (AvgIpc) is 2.61. The molecule has 25 heavy (non-hydrogen) atoms. The number of hydrogen-bond donors (Lipinski definition) is 1. The normalized spacial score (nSPS) is 10.6. The molecule has 7 heteroatoms. The van der Waals surface area contributed by atoms with Crippen molar-refractivity contribution in [2.75, 3.05) is 20.3 Å². The minimum absolute atomic E-state index is 0.137. The SMILES string of the molecule is CCOC(=O)CCCCCCOc1cc2nc[nH]c(=O)c2cc1OC. The van der Waals surface area contributed by atoms with Crippen molar-refractivity contribution in [2.24, 2.45) is 0 Å². The van der Waals surface area contributed by atoms with Crippen LogP contribution in [0, 0.1) is 0 Å². The summed E-state index contributed by atoms with van der Waals surface area (Å²) in [7, 11) is 1.54. The van der Waals surface area contributed by atoms with Crippen molar-refractivity contribution in [2.45, 2.75) is 39.0 Å². The minimum Gasteiger partial charge on any atom is -0.493 e. The van der Waals surface area contributed by atoms with Crippen LogP contribution in [-0.4, -0.2) is 36.3 Å². The van der Waals surface area contributed by atoms with Crippen LogP contribution in [0.4, 0.5) is 0 Å². The van der Waals surface area contributed by atoms with Gasteiger partial charge in [-0.15, -0.1) is 0 Å². The van der Waals surface area contributed by atoms with E-state index in [2.05, 4.69) is 9.97 Å². The molecule has 0 aliphatic rings. The first-order valence-corrected chi connectivity index (χ1v) is 8.49. The van der Waals surface area contributed by atoms with Gasteiger partial charge in [0.1, 0.15) is 0 Å². The molecule has 0 aliphatic heterocycles. The van der Waals surface area contributed by atoms with E-state index >= 15 is 0 Å². The third-order valence-corrected chi connectivity index (χ3v) is 3.76. The van der Waals surface area contributed by atoms with E-state index in [1.54, 1.807) is 12.1 Å². The van der Waals surface area contributed by atoms with Crippen LogP contribution in [0.25, 0.3) is 10.9 Å². The van der Waals surface area contributed by atoms with Crippen LogP contribution >= 0.6 is 0 Å². The molecule has 0 aliphatic carbocycles. The highest BCUT2D eigenvalue weighted by atomic mass is 16.5. The van der Waals surface area contributed by atoms with Gasteiger partial charge in [0, 0.05) is 12.5 Å². The van der Waals surface area contributed by atoms with Crippen LogP contribution in [0.5, 0.6) is 11.5 Å². The van der Waals surface area contributed by atoms with E-state index in [-0.39, 0.29) is 11.5 Å². The van der Waals surface area contributed by atoms with Gasteiger partial charge in [-0.3, -0.25) is 9.59 Å². The maximum absolute atomic E-state index is 11.8. The zero-order valence-electron chi connectivity index (χ0n) is 14.7. The third-order valence-electron chi connectivity index (χ3n) is 3.76. The summed E-state index contributed by atoms with van der Waals surface area (Å²) in [5.41, 5.74) is 0.352. The van der Waals surface area contributed by atoms with Crippen molar-refractivity contribution < 1.29 is 19.0 Å². The Morgan fingerprint density at radius 2 is 1.96 bits per heavy atom. The molecule has 7 nitrogen and oxygen atoms in total. The molecule has 1 aromatic carbocycles. The average molecular weight is 348 g/mol. The minimum atomic E-state index is -0.212. The van der Waals surface area contributed by atoms with Crippen molar-refractivity contribution >= 4 is 16.9 Å². The van der Waals surface area contributed by atoms with Crippen LogP contribution in [0.15, 0.2) is 23.3 Å². The lowest BCUT2D eigenvalue weighted by molar-refractivity contribution is -0.143. The number of hydrogen-bond acceptors (Lipinski definition) is 6. The van der Waals surface area contributed by atoms with Gasteiger partial charge < -0.3 is 19.2 Å². The lowest BCUT2D eigenvalue weighted by Gasteiger charge is -2.11. The van der Waals surface area contributed by atoms with Gasteiger partial charge in [0.05, 0.1) is 37.6 Å². The van der Waals surface area contributed by atoms with Gasteiger partial charge in [-0.25, -0.2) is 4.98 Å². The van der Waals surface area contributed by atoms with E-state index in [4.69, 9.17) is 14.2 Å². The van der Waals surface area contributed by atoms with E-state index in [9.17, 15) is 9.59 Å². The molecule has 1 N–H and O–H groups in total. The number of ether oxygens (including phenoxy) is 3. The number of rotatable bonds is 10. The van der Waals surface area contributed by atoms with E-state index < -0.39 is 0 Å². The van der Waals surface area contributed by atoms with Gasteiger partial charge in [-0.2, -0.15) is 0 Å². The lowest BCUT2D eigenvalue weighted by Crippen LogP contribution is -2.07. The fourth-order valence-corrected chi connectivity index (χ4v) is 2.49. The number of methoxy groups -OCH3 is 1. The van der Waals surface area contributed by atoms with E-state index in [0.29, 0.717) is 42.0 Å². The third kappa shape index (κ3) is 5.48. The van der Waals surface area contributed by atoms with Gasteiger partial charge in [0.2, 0.25) is 0 Å². The number of aromatic amines is 1. The fourth-order valence-electron chi connectivity index (χ4n) is 2.49. The number of esters is 1. The highest BCUT2D eigenvalue weighted by molar-refractivity contribution is 5.81. The molecule has 0 unspecified atom stereocenters. The maximum atomic E-state index is 11.8. The van der Waals surface area contributed by atoms with Gasteiger partial charge in [-0.05, 0) is 25.8 Å². The summed E-state index contributed by atoms with van der Waals surface area (Å²) >= 11 is 0. The first kappa shape index (κ1) is 18.8. The smallest absolute Gasteiger partial charge is 0.305 e. The monoisotopic (exact) mass is 348 g/mol. The summed E-state index contributed by atoms with van der Waals surface area (Å²) in [5, 5.41) is 0.464. The van der Waals surface area contributed by atoms with Crippen molar-refractivity contribution in [3.63, 3.8) is 0 Å². The molecule has 0 radical (unpaired) electrons. The van der Waals surface area contributed by atoms with Gasteiger partial charge in [0.15, 0.2) is 11.5 Å². The van der Waals surface area contributed by atoms with Crippen molar-refractivity contribution in [3.8, 4) is 11.5 Å². The van der Waals surface area contributed by atoms with Crippen LogP contribution in [0.3, 0.4) is 0 Å². The molecule has 0 saturated carbocycles. The molecule has 136 valence electrons. The standard InChI is InChI=1S/C18H24N2O5/c1-3-24-17(21)8-6-4-5-7-9-25-16-11-14-13(10-15(16)23-2)18(22)20-12-19-14/h10-12H,3-9H2,1-2H3,(H,19,20,22). The van der Waals surface area contributed by atoms with Crippen LogP contribution in [0.2, 0.25) is 0 Å². The van der Waals surface area contributed by atoms with Crippen molar-refractivity contribution in [3.05, 3.63) is 28.8 Å². The van der Waals surface area contributed by atoms with Crippen LogP contribution in [0.1, 0.15) is 39.0 Å². The summed E-state index contributed by atoms with van der Waals surface area (Å²) in [5.74, 6) is 0.940. The number of nitrogens with zero attached hydrogens (tertiary/aromatic N) is 1. The number of carbonyl (C=O) groups excluding carboxylic acids is 1. The summed E-state index contributed by atoms with van der Waals surface area (Å²) in [4.78, 5) is 29.7. The van der Waals surface area contributed by atoms with Crippen LogP contribution < -0.4 is 15.0 Å². The van der Waals surface area contributed by atoms with E-state index in [1.165, 1.54) is 13.4 Å². The number of nitrogens with one attached hydrogen (secondary N) is 1. The Labute approximate surface area is 146 Å². The predicted octanol–water partition coefficient (Wildman–Crippen LogP) is 2.82. The van der Waals surface area contributed by atoms with Gasteiger partial charge >= 0.3 is 5.97 Å². The molecular formula is C18H24N2O5. The first-order valence-electron chi connectivity index (χ1n) is 8.49. The largest absolute Gasteiger partial charge is 0.493 e. The van der Waals surface area contributed by atoms with Crippen molar-refractivity contribution in [1.82, 2.24) is 9.97 Å². The zero-order valence-corrected chi connectivity index (χ0v) is 14.7. The molecule has 0 spiro atoms. The molecule has 0 amide bonds. The zero-order chi connectivity index (χ0) is 18.1. The number of aromatic nitrogens is 2. The Bertz CT molecular complexity index is 757. The van der Waals surface area contributed by atoms with Crippen LogP contribution in [-0.2, 0) is 9.53 Å². The molecule has 0 saturated heterocycles. The van der Waals surface area contributed by atoms with Crippen molar-refractivity contribution in [1.29, 1.82) is 0 Å². The molecule has 2 aromatic rings. The molecule has 1 heterocycles. The Morgan fingerprint density at radius 1 is 1.16 bits per heavy atom.